The van der Waals surface area contributed by atoms with Gasteiger partial charge in [-0.1, -0.05) is 51.3 Å². The van der Waals surface area contributed by atoms with Gasteiger partial charge in [0.15, 0.2) is 0 Å². The number of nitrogens with one attached hydrogen (secondary N) is 1. The predicted molar refractivity (Wildman–Crippen MR) is 134 cm³/mol. The number of sulfonamides is 1. The quantitative estimate of drug-likeness (QED) is 0.404. The molecule has 33 heavy (non-hydrogen) atoms. The maximum Gasteiger partial charge on any atom is 0.264 e. The number of anilines is 1. The first-order chi connectivity index (χ1) is 15.7. The number of carbonyl (C=O) groups excluding carboxylic acids is 1. The van der Waals surface area contributed by atoms with Crippen LogP contribution >= 0.6 is 15.9 Å². The van der Waals surface area contributed by atoms with Gasteiger partial charge in [0.2, 0.25) is 5.91 Å². The van der Waals surface area contributed by atoms with Crippen LogP contribution in [0.15, 0.2) is 76.1 Å². The fraction of sp³-hybridized carbons (Fsp3) is 0.240. The van der Waals surface area contributed by atoms with Crippen LogP contribution < -0.4 is 14.4 Å². The summed E-state index contributed by atoms with van der Waals surface area (Å²) in [5.74, 6) is 0.339. The summed E-state index contributed by atoms with van der Waals surface area (Å²) in [5.41, 5.74) is 3.52. The Hall–Kier alpha value is -2.84. The number of hydrogen-bond donors (Lipinski definition) is 1. The molecule has 0 spiro atoms. The van der Waals surface area contributed by atoms with E-state index in [4.69, 9.17) is 4.74 Å². The van der Waals surface area contributed by atoms with Crippen LogP contribution in [0.25, 0.3) is 0 Å². The molecule has 174 valence electrons. The first kappa shape index (κ1) is 24.8. The highest BCUT2D eigenvalue weighted by molar-refractivity contribution is 9.10. The lowest BCUT2D eigenvalue weighted by atomic mass is 10.1. The van der Waals surface area contributed by atoms with Gasteiger partial charge in [-0.2, -0.15) is 0 Å². The molecule has 3 aromatic rings. The SMILES string of the molecule is Cc1ccc(S(=O)(=O)N(CC(=O)NCCOc2ccc(C)cc2C)c2ccc(Br)cc2)cc1. The third kappa shape index (κ3) is 6.58. The summed E-state index contributed by atoms with van der Waals surface area (Å²) in [7, 11) is -3.94. The monoisotopic (exact) mass is 530 g/mol. The molecule has 0 heterocycles. The Kier molecular flexibility index (Phi) is 8.15. The number of nitrogens with zero attached hydrogens (tertiary/aromatic N) is 1. The number of benzene rings is 3. The van der Waals surface area contributed by atoms with Crippen molar-refractivity contribution in [2.75, 3.05) is 24.0 Å². The van der Waals surface area contributed by atoms with Crippen molar-refractivity contribution in [3.05, 3.63) is 87.9 Å². The zero-order valence-electron chi connectivity index (χ0n) is 18.8. The summed E-state index contributed by atoms with van der Waals surface area (Å²) in [5, 5.41) is 2.75. The van der Waals surface area contributed by atoms with Gasteiger partial charge in [-0.15, -0.1) is 0 Å². The van der Waals surface area contributed by atoms with Gasteiger partial charge < -0.3 is 10.1 Å². The Balaban J connectivity index is 1.69. The molecule has 0 unspecified atom stereocenters. The summed E-state index contributed by atoms with van der Waals surface area (Å²) in [6, 6.07) is 19.2. The van der Waals surface area contributed by atoms with Gasteiger partial charge >= 0.3 is 0 Å². The van der Waals surface area contributed by atoms with Gasteiger partial charge in [0, 0.05) is 4.47 Å². The Morgan fingerprint density at radius 3 is 2.21 bits per heavy atom. The van der Waals surface area contributed by atoms with E-state index in [0.29, 0.717) is 5.69 Å². The maximum atomic E-state index is 13.4. The van der Waals surface area contributed by atoms with Crippen LogP contribution in [0.4, 0.5) is 5.69 Å². The average Bonchev–Trinajstić information content (AvgIpc) is 2.77. The van der Waals surface area contributed by atoms with Crippen LogP contribution in [-0.4, -0.2) is 34.0 Å². The third-order valence-corrected chi connectivity index (χ3v) is 7.34. The molecule has 0 aliphatic rings. The average molecular weight is 531 g/mol. The van der Waals surface area contributed by atoms with E-state index < -0.39 is 15.9 Å². The Bertz CT molecular complexity index is 1210. The van der Waals surface area contributed by atoms with E-state index in [1.165, 1.54) is 0 Å². The van der Waals surface area contributed by atoms with E-state index >= 15 is 0 Å². The molecule has 8 heteroatoms. The number of carbonyl (C=O) groups is 1. The molecule has 0 fully saturated rings. The second-order valence-corrected chi connectivity index (χ2v) is 10.5. The van der Waals surface area contributed by atoms with Crippen molar-refractivity contribution in [2.45, 2.75) is 25.7 Å². The molecule has 1 N–H and O–H groups in total. The number of halogens is 1. The van der Waals surface area contributed by atoms with Gasteiger partial charge in [-0.3, -0.25) is 9.10 Å². The number of aryl methyl sites for hydroxylation is 3. The first-order valence-electron chi connectivity index (χ1n) is 10.5. The van der Waals surface area contributed by atoms with Crippen molar-refractivity contribution in [3.8, 4) is 5.75 Å². The molecule has 1 amide bonds. The second kappa shape index (κ2) is 10.9. The van der Waals surface area contributed by atoms with Crippen molar-refractivity contribution >= 4 is 37.5 Å². The number of hydrogen-bond acceptors (Lipinski definition) is 4. The topological polar surface area (TPSA) is 75.7 Å². The minimum Gasteiger partial charge on any atom is -0.491 e. The maximum absolute atomic E-state index is 13.4. The van der Waals surface area contributed by atoms with E-state index in [0.717, 1.165) is 31.2 Å². The smallest absolute Gasteiger partial charge is 0.264 e. The highest BCUT2D eigenvalue weighted by atomic mass is 79.9. The Morgan fingerprint density at radius 1 is 0.939 bits per heavy atom. The fourth-order valence-electron chi connectivity index (χ4n) is 3.26. The van der Waals surface area contributed by atoms with Gasteiger partial charge in [0.05, 0.1) is 17.1 Å². The lowest BCUT2D eigenvalue weighted by Gasteiger charge is -2.24. The van der Waals surface area contributed by atoms with Gasteiger partial charge in [0.25, 0.3) is 10.0 Å². The predicted octanol–water partition coefficient (Wildman–Crippen LogP) is 4.76. The van der Waals surface area contributed by atoms with E-state index in [2.05, 4.69) is 21.2 Å². The Labute approximate surface area is 203 Å². The van der Waals surface area contributed by atoms with Crippen LogP contribution in [0.1, 0.15) is 16.7 Å². The van der Waals surface area contributed by atoms with Gasteiger partial charge in [-0.05, 0) is 68.8 Å². The van der Waals surface area contributed by atoms with Crippen LogP contribution in [0.2, 0.25) is 0 Å². The molecule has 0 radical (unpaired) electrons. The van der Waals surface area contributed by atoms with E-state index in [-0.39, 0.29) is 24.6 Å². The lowest BCUT2D eigenvalue weighted by Crippen LogP contribution is -2.41. The van der Waals surface area contributed by atoms with Crippen molar-refractivity contribution in [3.63, 3.8) is 0 Å². The molecule has 6 nitrogen and oxygen atoms in total. The molecule has 0 saturated carbocycles. The number of rotatable bonds is 9. The third-order valence-electron chi connectivity index (χ3n) is 5.02. The summed E-state index contributed by atoms with van der Waals surface area (Å²) in [6.07, 6.45) is 0. The zero-order chi connectivity index (χ0) is 24.0. The minimum absolute atomic E-state index is 0.127. The molecule has 0 atom stereocenters. The van der Waals surface area contributed by atoms with Crippen molar-refractivity contribution in [2.24, 2.45) is 0 Å². The molecule has 0 aliphatic carbocycles. The van der Waals surface area contributed by atoms with Crippen LogP contribution in [0.5, 0.6) is 5.75 Å². The van der Waals surface area contributed by atoms with E-state index in [9.17, 15) is 13.2 Å². The molecule has 0 saturated heterocycles. The molecular weight excluding hydrogens is 504 g/mol. The lowest BCUT2D eigenvalue weighted by molar-refractivity contribution is -0.119. The van der Waals surface area contributed by atoms with Crippen molar-refractivity contribution in [1.82, 2.24) is 5.32 Å². The second-order valence-electron chi connectivity index (χ2n) is 7.77. The summed E-state index contributed by atoms with van der Waals surface area (Å²) in [4.78, 5) is 12.8. The largest absolute Gasteiger partial charge is 0.491 e. The van der Waals surface area contributed by atoms with Crippen LogP contribution in [0.3, 0.4) is 0 Å². The van der Waals surface area contributed by atoms with Crippen LogP contribution in [0, 0.1) is 20.8 Å². The van der Waals surface area contributed by atoms with Crippen molar-refractivity contribution in [1.29, 1.82) is 0 Å². The molecule has 0 bridgehead atoms. The summed E-state index contributed by atoms with van der Waals surface area (Å²) >= 11 is 3.36. The molecule has 3 aromatic carbocycles. The summed E-state index contributed by atoms with van der Waals surface area (Å²) in [6.45, 7) is 6.05. The minimum atomic E-state index is -3.94. The molecule has 0 aromatic heterocycles. The van der Waals surface area contributed by atoms with Crippen LogP contribution in [-0.2, 0) is 14.8 Å². The highest BCUT2D eigenvalue weighted by Crippen LogP contribution is 2.25. The zero-order valence-corrected chi connectivity index (χ0v) is 21.2. The highest BCUT2D eigenvalue weighted by Gasteiger charge is 2.27. The number of amides is 1. The van der Waals surface area contributed by atoms with Gasteiger partial charge in [0.1, 0.15) is 18.9 Å². The molecular formula is C25H27BrN2O4S. The first-order valence-corrected chi connectivity index (χ1v) is 12.7. The Morgan fingerprint density at radius 2 is 1.58 bits per heavy atom. The number of ether oxygens (including phenoxy) is 1. The summed E-state index contributed by atoms with van der Waals surface area (Å²) < 4.78 is 34.4. The van der Waals surface area contributed by atoms with E-state index in [1.807, 2.05) is 39.0 Å². The van der Waals surface area contributed by atoms with E-state index in [1.54, 1.807) is 48.5 Å². The van der Waals surface area contributed by atoms with Gasteiger partial charge in [-0.25, -0.2) is 8.42 Å². The fourth-order valence-corrected chi connectivity index (χ4v) is 4.94. The standard InChI is InChI=1S/C25H27BrN2O4S/c1-18-4-11-23(12-5-18)33(30,31)28(22-9-7-21(26)8-10-22)17-25(29)27-14-15-32-24-13-6-19(2)16-20(24)3/h4-13,16H,14-15,17H2,1-3H3,(H,27,29). The van der Waals surface area contributed by atoms with Crippen molar-refractivity contribution < 1.29 is 17.9 Å². The molecule has 3 rings (SSSR count). The normalized spacial score (nSPS) is 11.2. The molecule has 0 aliphatic heterocycles.